The standard InChI is InChI=1S/C25H23N3O7/c1-25(24(32)33)19-18(22(30)26(23(19)31)16-10-3-2-4-11-16)20(27(25)21(29)14-7-5-8-14)15-9-6-12-17(13-15)28(34)35/h2-4,6,9-14,18-20H,5,7-8H2,1H3,(H,32,33). The molecule has 0 bridgehead atoms. The summed E-state index contributed by atoms with van der Waals surface area (Å²) in [5.41, 5.74) is -1.71. The summed E-state index contributed by atoms with van der Waals surface area (Å²) in [5, 5.41) is 21.9. The number of imide groups is 1. The molecule has 0 radical (unpaired) electrons. The Balaban J connectivity index is 1.71. The first-order valence-corrected chi connectivity index (χ1v) is 11.4. The molecule has 2 aromatic rings. The molecule has 1 saturated carbocycles. The molecule has 10 heteroatoms. The van der Waals surface area contributed by atoms with Gasteiger partial charge in [-0.3, -0.25) is 24.5 Å². The van der Waals surface area contributed by atoms with Crippen molar-refractivity contribution in [3.63, 3.8) is 0 Å². The van der Waals surface area contributed by atoms with Crippen LogP contribution in [0, 0.1) is 27.9 Å². The number of carboxylic acids is 1. The van der Waals surface area contributed by atoms with E-state index in [4.69, 9.17) is 0 Å². The lowest BCUT2D eigenvalue weighted by Crippen LogP contribution is -2.59. The molecule has 0 aromatic heterocycles. The molecule has 3 amide bonds. The molecular weight excluding hydrogens is 454 g/mol. The Morgan fingerprint density at radius 2 is 1.74 bits per heavy atom. The number of hydrogen-bond donors (Lipinski definition) is 1. The number of nitro benzene ring substituents is 1. The number of likely N-dealkylation sites (tertiary alicyclic amines) is 1. The fourth-order valence-electron chi connectivity index (χ4n) is 5.66. The number of nitro groups is 1. The van der Waals surface area contributed by atoms with Gasteiger partial charge in [0.1, 0.15) is 0 Å². The summed E-state index contributed by atoms with van der Waals surface area (Å²) in [4.78, 5) is 66.9. The van der Waals surface area contributed by atoms with Crippen LogP contribution < -0.4 is 4.90 Å². The van der Waals surface area contributed by atoms with Crippen LogP contribution in [0.3, 0.4) is 0 Å². The normalized spacial score (nSPS) is 28.1. The molecule has 4 unspecified atom stereocenters. The number of nitrogens with zero attached hydrogens (tertiary/aromatic N) is 3. The van der Waals surface area contributed by atoms with E-state index in [0.717, 1.165) is 16.2 Å². The van der Waals surface area contributed by atoms with Gasteiger partial charge in [0.25, 0.3) is 5.69 Å². The zero-order chi connectivity index (χ0) is 25.1. The van der Waals surface area contributed by atoms with Crippen molar-refractivity contribution in [1.29, 1.82) is 0 Å². The SMILES string of the molecule is CC1(C(=O)O)C2C(=O)N(c3ccccc3)C(=O)C2C(c2cccc([N+](=O)[O-])c2)N1C(=O)C1CCC1. The second-order valence-electron chi connectivity index (χ2n) is 9.44. The average Bonchev–Trinajstić information content (AvgIpc) is 3.23. The van der Waals surface area contributed by atoms with E-state index in [1.165, 1.54) is 31.2 Å². The first-order valence-electron chi connectivity index (χ1n) is 11.4. The van der Waals surface area contributed by atoms with Crippen LogP contribution in [0.2, 0.25) is 0 Å². The van der Waals surface area contributed by atoms with Crippen molar-refractivity contribution in [2.75, 3.05) is 4.90 Å². The lowest BCUT2D eigenvalue weighted by molar-refractivity contribution is -0.385. The molecular formula is C25H23N3O7. The maximum Gasteiger partial charge on any atom is 0.330 e. The number of rotatable bonds is 5. The molecule has 5 rings (SSSR count). The number of aliphatic carboxylic acids is 1. The highest BCUT2D eigenvalue weighted by Gasteiger charge is 2.72. The Morgan fingerprint density at radius 1 is 1.06 bits per heavy atom. The predicted octanol–water partition coefficient (Wildman–Crippen LogP) is 2.93. The molecule has 2 aromatic carbocycles. The highest BCUT2D eigenvalue weighted by molar-refractivity contribution is 6.24. The zero-order valence-corrected chi connectivity index (χ0v) is 18.9. The van der Waals surface area contributed by atoms with E-state index in [1.54, 1.807) is 30.3 Å². The first kappa shape index (κ1) is 22.7. The van der Waals surface area contributed by atoms with Gasteiger partial charge in [-0.1, -0.05) is 36.8 Å². The highest BCUT2D eigenvalue weighted by Crippen LogP contribution is 2.57. The van der Waals surface area contributed by atoms with Gasteiger partial charge in [-0.15, -0.1) is 0 Å². The lowest BCUT2D eigenvalue weighted by Gasteiger charge is -2.41. The molecule has 3 fully saturated rings. The van der Waals surface area contributed by atoms with E-state index in [1.807, 2.05) is 0 Å². The number of anilines is 1. The Kier molecular flexibility index (Phi) is 5.19. The fourth-order valence-corrected chi connectivity index (χ4v) is 5.66. The topological polar surface area (TPSA) is 138 Å². The number of amides is 3. The molecule has 1 N–H and O–H groups in total. The molecule has 180 valence electrons. The Hall–Kier alpha value is -4.08. The molecule has 1 aliphatic carbocycles. The third-order valence-electron chi connectivity index (χ3n) is 7.64. The summed E-state index contributed by atoms with van der Waals surface area (Å²) in [6.45, 7) is 1.31. The Labute approximate surface area is 200 Å². The zero-order valence-electron chi connectivity index (χ0n) is 18.9. The monoisotopic (exact) mass is 477 g/mol. The molecule has 2 saturated heterocycles. The minimum atomic E-state index is -2.01. The van der Waals surface area contributed by atoms with Crippen LogP contribution in [0.15, 0.2) is 54.6 Å². The van der Waals surface area contributed by atoms with Crippen molar-refractivity contribution < 1.29 is 29.2 Å². The molecule has 10 nitrogen and oxygen atoms in total. The van der Waals surface area contributed by atoms with Gasteiger partial charge in [-0.25, -0.2) is 9.69 Å². The van der Waals surface area contributed by atoms with Crippen molar-refractivity contribution in [1.82, 2.24) is 4.90 Å². The summed E-state index contributed by atoms with van der Waals surface area (Å²) < 4.78 is 0. The number of non-ortho nitro benzene ring substituents is 1. The van der Waals surface area contributed by atoms with Crippen LogP contribution in [0.25, 0.3) is 0 Å². The minimum Gasteiger partial charge on any atom is -0.479 e. The van der Waals surface area contributed by atoms with E-state index in [0.29, 0.717) is 18.5 Å². The predicted molar refractivity (Wildman–Crippen MR) is 122 cm³/mol. The van der Waals surface area contributed by atoms with E-state index < -0.39 is 57.9 Å². The van der Waals surface area contributed by atoms with Gasteiger partial charge in [0, 0.05) is 18.1 Å². The van der Waals surface area contributed by atoms with E-state index in [-0.39, 0.29) is 11.3 Å². The number of carbonyl (C=O) groups excluding carboxylic acids is 3. The van der Waals surface area contributed by atoms with Crippen molar-refractivity contribution in [3.8, 4) is 0 Å². The van der Waals surface area contributed by atoms with Crippen molar-refractivity contribution >= 4 is 35.1 Å². The van der Waals surface area contributed by atoms with Gasteiger partial charge in [0.2, 0.25) is 17.7 Å². The number of benzene rings is 2. The Bertz CT molecular complexity index is 1260. The number of hydrogen-bond acceptors (Lipinski definition) is 6. The summed E-state index contributed by atoms with van der Waals surface area (Å²) in [6.07, 6.45) is 1.99. The number of carbonyl (C=O) groups is 4. The fraction of sp³-hybridized carbons (Fsp3) is 0.360. The maximum atomic E-state index is 13.8. The summed E-state index contributed by atoms with van der Waals surface area (Å²) in [7, 11) is 0. The molecule has 3 aliphatic rings. The molecule has 35 heavy (non-hydrogen) atoms. The number of carboxylic acid groups (broad SMARTS) is 1. The smallest absolute Gasteiger partial charge is 0.330 e. The Morgan fingerprint density at radius 3 is 2.31 bits per heavy atom. The van der Waals surface area contributed by atoms with Crippen molar-refractivity contribution in [2.45, 2.75) is 37.8 Å². The minimum absolute atomic E-state index is 0.253. The first-order chi connectivity index (χ1) is 16.7. The van der Waals surface area contributed by atoms with Gasteiger partial charge in [-0.2, -0.15) is 0 Å². The maximum absolute atomic E-state index is 13.8. The van der Waals surface area contributed by atoms with Crippen molar-refractivity contribution in [3.05, 3.63) is 70.3 Å². The van der Waals surface area contributed by atoms with Gasteiger partial charge >= 0.3 is 5.97 Å². The van der Waals surface area contributed by atoms with Gasteiger partial charge in [0.15, 0.2) is 5.54 Å². The van der Waals surface area contributed by atoms with Gasteiger partial charge in [-0.05, 0) is 37.5 Å². The lowest BCUT2D eigenvalue weighted by atomic mass is 9.79. The molecule has 2 aliphatic heterocycles. The molecule has 4 atom stereocenters. The van der Waals surface area contributed by atoms with Gasteiger partial charge in [0.05, 0.1) is 28.5 Å². The largest absolute Gasteiger partial charge is 0.479 e. The second kappa shape index (κ2) is 8.00. The van der Waals surface area contributed by atoms with E-state index in [2.05, 4.69) is 0 Å². The van der Waals surface area contributed by atoms with Crippen LogP contribution in [0.1, 0.15) is 37.8 Å². The summed E-state index contributed by atoms with van der Waals surface area (Å²) in [5.74, 6) is -6.13. The van der Waals surface area contributed by atoms with Crippen LogP contribution in [-0.4, -0.2) is 44.2 Å². The third-order valence-corrected chi connectivity index (χ3v) is 7.64. The summed E-state index contributed by atoms with van der Waals surface area (Å²) in [6, 6.07) is 12.6. The second-order valence-corrected chi connectivity index (χ2v) is 9.44. The summed E-state index contributed by atoms with van der Waals surface area (Å²) >= 11 is 0. The van der Waals surface area contributed by atoms with Gasteiger partial charge < -0.3 is 10.0 Å². The molecule has 0 spiro atoms. The van der Waals surface area contributed by atoms with Crippen molar-refractivity contribution in [2.24, 2.45) is 17.8 Å². The van der Waals surface area contributed by atoms with Crippen LogP contribution in [0.4, 0.5) is 11.4 Å². The molecule has 2 heterocycles. The van der Waals surface area contributed by atoms with Crippen LogP contribution in [0.5, 0.6) is 0 Å². The number of para-hydroxylation sites is 1. The van der Waals surface area contributed by atoms with E-state index in [9.17, 15) is 34.4 Å². The van der Waals surface area contributed by atoms with E-state index >= 15 is 0 Å². The van der Waals surface area contributed by atoms with Crippen LogP contribution >= 0.6 is 0 Å². The number of fused-ring (bicyclic) bond motifs is 1. The van der Waals surface area contributed by atoms with Crippen LogP contribution in [-0.2, 0) is 19.2 Å². The third kappa shape index (κ3) is 3.16. The quantitative estimate of drug-likeness (QED) is 0.397. The average molecular weight is 477 g/mol. The highest BCUT2D eigenvalue weighted by atomic mass is 16.6.